The number of rotatable bonds is 7. The zero-order chi connectivity index (χ0) is 25.1. The summed E-state index contributed by atoms with van der Waals surface area (Å²) < 4.78 is 26.2. The number of nitrogens with one attached hydrogen (secondary N) is 1. The van der Waals surface area contributed by atoms with Crippen LogP contribution in [0.25, 0.3) is 0 Å². The number of ether oxygens (including phenoxy) is 2. The van der Waals surface area contributed by atoms with Crippen molar-refractivity contribution in [2.24, 2.45) is 0 Å². The van der Waals surface area contributed by atoms with Gasteiger partial charge in [0.05, 0.1) is 11.5 Å². The molecule has 0 spiro atoms. The molecule has 0 fully saturated rings. The average Bonchev–Trinajstić information content (AvgIpc) is 3.42. The maximum absolute atomic E-state index is 15.1. The third-order valence-corrected chi connectivity index (χ3v) is 7.57. The smallest absolute Gasteiger partial charge is 0.336 e. The number of benzene rings is 2. The Balaban J connectivity index is 1.42. The minimum absolute atomic E-state index is 0.0226. The zero-order valence-corrected chi connectivity index (χ0v) is 20.6. The highest BCUT2D eigenvalue weighted by atomic mass is 32.1. The molecule has 1 aliphatic heterocycles. The van der Waals surface area contributed by atoms with Crippen molar-refractivity contribution in [2.75, 3.05) is 13.2 Å². The topological polar surface area (TPSA) is 64.6 Å². The van der Waals surface area contributed by atoms with Gasteiger partial charge in [-0.2, -0.15) is 0 Å². The Morgan fingerprint density at radius 1 is 1.03 bits per heavy atom. The molecule has 5 rings (SSSR count). The summed E-state index contributed by atoms with van der Waals surface area (Å²) in [7, 11) is 0. The lowest BCUT2D eigenvalue weighted by molar-refractivity contribution is -0.140. The predicted octanol–water partition coefficient (Wildman–Crippen LogP) is 5.87. The van der Waals surface area contributed by atoms with Crippen molar-refractivity contribution >= 4 is 23.1 Å². The summed E-state index contributed by atoms with van der Waals surface area (Å²) in [6.07, 6.45) is 0.940. The van der Waals surface area contributed by atoms with Crippen LogP contribution in [0.1, 0.15) is 42.0 Å². The molecule has 2 aromatic carbocycles. The lowest BCUT2D eigenvalue weighted by Crippen LogP contribution is -2.36. The van der Waals surface area contributed by atoms with Crippen LogP contribution in [-0.4, -0.2) is 25.0 Å². The highest BCUT2D eigenvalue weighted by molar-refractivity contribution is 7.10. The first-order chi connectivity index (χ1) is 17.5. The molecule has 0 bridgehead atoms. The van der Waals surface area contributed by atoms with Gasteiger partial charge < -0.3 is 14.8 Å². The summed E-state index contributed by atoms with van der Waals surface area (Å²) in [5.74, 6) is -1.24. The number of thiophene rings is 1. The van der Waals surface area contributed by atoms with E-state index in [0.29, 0.717) is 35.4 Å². The predicted molar refractivity (Wildman–Crippen MR) is 136 cm³/mol. The van der Waals surface area contributed by atoms with E-state index in [2.05, 4.69) is 5.32 Å². The van der Waals surface area contributed by atoms with E-state index >= 15 is 4.39 Å². The van der Waals surface area contributed by atoms with Crippen LogP contribution in [0.4, 0.5) is 4.39 Å². The molecule has 1 aromatic heterocycles. The molecular formula is C29H26FNO4S. The lowest BCUT2D eigenvalue weighted by atomic mass is 9.72. The molecular weight excluding hydrogens is 477 g/mol. The molecule has 0 radical (unpaired) electrons. The van der Waals surface area contributed by atoms with Crippen molar-refractivity contribution in [3.63, 3.8) is 0 Å². The molecule has 0 amide bonds. The number of hydrogen-bond acceptors (Lipinski definition) is 6. The monoisotopic (exact) mass is 503 g/mol. The van der Waals surface area contributed by atoms with Crippen LogP contribution in [0.2, 0.25) is 0 Å². The molecule has 0 unspecified atom stereocenters. The number of para-hydroxylation sites is 1. The van der Waals surface area contributed by atoms with Crippen molar-refractivity contribution in [1.82, 2.24) is 5.32 Å². The molecule has 7 heteroatoms. The second-order valence-electron chi connectivity index (χ2n) is 8.85. The minimum atomic E-state index is -0.832. The van der Waals surface area contributed by atoms with E-state index < -0.39 is 17.7 Å². The fraction of sp³-hybridized carbons (Fsp3) is 0.241. The molecule has 36 heavy (non-hydrogen) atoms. The molecule has 1 N–H and O–H groups in total. The van der Waals surface area contributed by atoms with Crippen molar-refractivity contribution in [2.45, 2.75) is 31.6 Å². The molecule has 0 saturated carbocycles. The second-order valence-corrected chi connectivity index (χ2v) is 9.83. The summed E-state index contributed by atoms with van der Waals surface area (Å²) in [4.78, 5) is 28.0. The van der Waals surface area contributed by atoms with Gasteiger partial charge in [-0.25, -0.2) is 9.18 Å². The summed E-state index contributed by atoms with van der Waals surface area (Å²) in [6.45, 7) is 1.97. The maximum Gasteiger partial charge on any atom is 0.336 e. The zero-order valence-electron chi connectivity index (χ0n) is 19.8. The quantitative estimate of drug-likeness (QED) is 0.323. The second kappa shape index (κ2) is 10.5. The number of carbonyl (C=O) groups is 2. The van der Waals surface area contributed by atoms with E-state index in [1.165, 1.54) is 6.07 Å². The molecule has 5 nitrogen and oxygen atoms in total. The summed E-state index contributed by atoms with van der Waals surface area (Å²) in [6, 6.07) is 19.6. The first-order valence-electron chi connectivity index (χ1n) is 11.9. The van der Waals surface area contributed by atoms with Crippen LogP contribution >= 0.6 is 11.3 Å². The number of allylic oxidation sites excluding steroid dienone is 3. The summed E-state index contributed by atoms with van der Waals surface area (Å²) in [5, 5.41) is 5.30. The van der Waals surface area contributed by atoms with Gasteiger partial charge in [-0.15, -0.1) is 11.3 Å². The minimum Gasteiger partial charge on any atom is -0.490 e. The summed E-state index contributed by atoms with van der Waals surface area (Å²) in [5.41, 5.74) is 2.31. The number of ketones is 1. The van der Waals surface area contributed by atoms with Gasteiger partial charge in [0.1, 0.15) is 24.8 Å². The highest BCUT2D eigenvalue weighted by Gasteiger charge is 2.42. The van der Waals surface area contributed by atoms with Gasteiger partial charge >= 0.3 is 5.97 Å². The number of halogens is 1. The van der Waals surface area contributed by atoms with E-state index in [0.717, 1.165) is 10.6 Å². The Morgan fingerprint density at radius 3 is 2.56 bits per heavy atom. The SMILES string of the molecule is CC1=C(C(=O)OCCOc2ccccc2)[C@@H](c2ccccc2F)C2=C(C[C@@H](c3cccs3)CC2=O)N1. The largest absolute Gasteiger partial charge is 0.490 e. The third kappa shape index (κ3) is 4.84. The lowest BCUT2D eigenvalue weighted by Gasteiger charge is -2.36. The molecule has 184 valence electrons. The molecule has 2 aliphatic rings. The highest BCUT2D eigenvalue weighted by Crippen LogP contribution is 2.46. The van der Waals surface area contributed by atoms with Crippen LogP contribution in [-0.2, 0) is 14.3 Å². The number of esters is 1. The number of hydrogen-bond donors (Lipinski definition) is 1. The first kappa shape index (κ1) is 24.0. The van der Waals surface area contributed by atoms with E-state index in [9.17, 15) is 9.59 Å². The van der Waals surface area contributed by atoms with E-state index in [-0.39, 0.29) is 30.5 Å². The number of Topliss-reactive ketones (excluding diaryl/α,β-unsaturated/α-hetero) is 1. The Hall–Kier alpha value is -3.71. The van der Waals surface area contributed by atoms with Gasteiger partial charge in [-0.05, 0) is 43.0 Å². The van der Waals surface area contributed by atoms with E-state index in [1.54, 1.807) is 36.5 Å². The fourth-order valence-electron chi connectivity index (χ4n) is 4.94. The van der Waals surface area contributed by atoms with Crippen molar-refractivity contribution in [3.8, 4) is 5.75 Å². The van der Waals surface area contributed by atoms with Crippen molar-refractivity contribution in [3.05, 3.63) is 111 Å². The van der Waals surface area contributed by atoms with Gasteiger partial charge in [0.2, 0.25) is 0 Å². The van der Waals surface area contributed by atoms with Crippen molar-refractivity contribution in [1.29, 1.82) is 0 Å². The molecule has 2 atom stereocenters. The Labute approximate surface area is 213 Å². The molecule has 1 aliphatic carbocycles. The summed E-state index contributed by atoms with van der Waals surface area (Å²) >= 11 is 1.63. The van der Waals surface area contributed by atoms with E-state index in [4.69, 9.17) is 9.47 Å². The number of carbonyl (C=O) groups excluding carboxylic acids is 2. The van der Waals surface area contributed by atoms with Gasteiger partial charge in [0.25, 0.3) is 0 Å². The van der Waals surface area contributed by atoms with Crippen LogP contribution in [0.15, 0.2) is 94.7 Å². The number of dihydropyridines is 1. The van der Waals surface area contributed by atoms with Crippen LogP contribution in [0.5, 0.6) is 5.75 Å². The molecule has 0 saturated heterocycles. The van der Waals surface area contributed by atoms with Crippen LogP contribution in [0.3, 0.4) is 0 Å². The van der Waals surface area contributed by atoms with Gasteiger partial charge in [-0.3, -0.25) is 4.79 Å². The van der Waals surface area contributed by atoms with Crippen LogP contribution in [0, 0.1) is 5.82 Å². The Morgan fingerprint density at radius 2 is 1.81 bits per heavy atom. The first-order valence-corrected chi connectivity index (χ1v) is 12.8. The van der Waals surface area contributed by atoms with Crippen molar-refractivity contribution < 1.29 is 23.5 Å². The Bertz CT molecular complexity index is 1330. The maximum atomic E-state index is 15.1. The fourth-order valence-corrected chi connectivity index (χ4v) is 5.77. The standard InChI is InChI=1S/C29H26FNO4S/c1-18-26(29(33)35-14-13-34-20-8-3-2-4-9-20)27(21-10-5-6-11-22(21)30)28-23(31-18)16-19(17-24(28)32)25-12-7-15-36-25/h2-12,15,19,27,31H,13-14,16-17H2,1H3/t19-,27-/m1/s1. The van der Waals surface area contributed by atoms with E-state index in [1.807, 2.05) is 47.8 Å². The third-order valence-electron chi connectivity index (χ3n) is 6.54. The normalized spacial score (nSPS) is 19.6. The Kier molecular flexibility index (Phi) is 7.00. The molecule has 3 aromatic rings. The van der Waals surface area contributed by atoms with Gasteiger partial charge in [0, 0.05) is 39.7 Å². The molecule has 2 heterocycles. The van der Waals surface area contributed by atoms with Gasteiger partial charge in [0.15, 0.2) is 5.78 Å². The average molecular weight is 504 g/mol. The van der Waals surface area contributed by atoms with Gasteiger partial charge in [-0.1, -0.05) is 42.5 Å². The van der Waals surface area contributed by atoms with Crippen LogP contribution < -0.4 is 10.1 Å².